The lowest BCUT2D eigenvalue weighted by molar-refractivity contribution is -0.332. The molecular weight excluding hydrogens is 901 g/mol. The van der Waals surface area contributed by atoms with Gasteiger partial charge in [0, 0.05) is 12.8 Å². The van der Waals surface area contributed by atoms with Crippen LogP contribution in [0.5, 0.6) is 0 Å². The maximum absolute atomic E-state index is 13.0. The summed E-state index contributed by atoms with van der Waals surface area (Å²) in [6, 6.07) is 0. The number of esters is 2. The van der Waals surface area contributed by atoms with Crippen LogP contribution in [0.3, 0.4) is 0 Å². The molecule has 0 spiro atoms. The second kappa shape index (κ2) is 41.4. The molecular formula is C55H92O15. The maximum atomic E-state index is 13.0. The highest BCUT2D eigenvalue weighted by Gasteiger charge is 2.47. The van der Waals surface area contributed by atoms with Gasteiger partial charge in [0.15, 0.2) is 18.7 Å². The first-order valence-electron chi connectivity index (χ1n) is 26.5. The van der Waals surface area contributed by atoms with E-state index in [4.69, 9.17) is 28.4 Å². The van der Waals surface area contributed by atoms with E-state index in [-0.39, 0.29) is 19.4 Å². The molecule has 2 saturated heterocycles. The molecule has 2 heterocycles. The number of hydrogen-bond acceptors (Lipinski definition) is 15. The number of ether oxygens (including phenoxy) is 6. The molecule has 7 N–H and O–H groups in total. The van der Waals surface area contributed by atoms with Crippen molar-refractivity contribution >= 4 is 11.9 Å². The Morgan fingerprint density at radius 3 is 1.47 bits per heavy atom. The predicted molar refractivity (Wildman–Crippen MR) is 270 cm³/mol. The summed E-state index contributed by atoms with van der Waals surface area (Å²) in [5, 5.41) is 72.1. The van der Waals surface area contributed by atoms with Gasteiger partial charge in [-0.05, 0) is 77.0 Å². The van der Waals surface area contributed by atoms with Crippen LogP contribution in [-0.2, 0) is 38.0 Å². The third kappa shape index (κ3) is 28.8. The van der Waals surface area contributed by atoms with E-state index in [0.717, 1.165) is 64.2 Å². The first kappa shape index (κ1) is 63.1. The highest BCUT2D eigenvalue weighted by Crippen LogP contribution is 2.26. The van der Waals surface area contributed by atoms with Crippen molar-refractivity contribution in [3.63, 3.8) is 0 Å². The lowest BCUT2D eigenvalue weighted by Crippen LogP contribution is -2.61. The Labute approximate surface area is 419 Å². The summed E-state index contributed by atoms with van der Waals surface area (Å²) in [5.41, 5.74) is 0. The lowest BCUT2D eigenvalue weighted by Gasteiger charge is -2.42. The summed E-state index contributed by atoms with van der Waals surface area (Å²) in [5.74, 6) is -1.00. The molecule has 402 valence electrons. The number of hydrogen-bond donors (Lipinski definition) is 7. The topological polar surface area (TPSA) is 231 Å². The maximum Gasteiger partial charge on any atom is 0.306 e. The minimum Gasteiger partial charge on any atom is -0.462 e. The van der Waals surface area contributed by atoms with Gasteiger partial charge in [-0.2, -0.15) is 0 Å². The van der Waals surface area contributed by atoms with Crippen molar-refractivity contribution in [1.29, 1.82) is 0 Å². The van der Waals surface area contributed by atoms with Gasteiger partial charge in [-0.25, -0.2) is 0 Å². The van der Waals surface area contributed by atoms with Crippen LogP contribution in [0.2, 0.25) is 0 Å². The zero-order valence-electron chi connectivity index (χ0n) is 42.5. The summed E-state index contributed by atoms with van der Waals surface area (Å²) < 4.78 is 33.5. The second-order valence-corrected chi connectivity index (χ2v) is 18.3. The van der Waals surface area contributed by atoms with E-state index in [1.165, 1.54) is 57.8 Å². The van der Waals surface area contributed by atoms with Crippen molar-refractivity contribution in [1.82, 2.24) is 0 Å². The Bertz CT molecular complexity index is 1490. The summed E-state index contributed by atoms with van der Waals surface area (Å²) in [6.45, 7) is 2.40. The fourth-order valence-electron chi connectivity index (χ4n) is 7.83. The van der Waals surface area contributed by atoms with Crippen LogP contribution in [0.25, 0.3) is 0 Å². The molecule has 15 heteroatoms. The highest BCUT2D eigenvalue weighted by atomic mass is 16.7. The van der Waals surface area contributed by atoms with Gasteiger partial charge in [0.2, 0.25) is 0 Å². The molecule has 0 aliphatic carbocycles. The van der Waals surface area contributed by atoms with Gasteiger partial charge in [-0.1, -0.05) is 151 Å². The van der Waals surface area contributed by atoms with Crippen molar-refractivity contribution < 1.29 is 73.8 Å². The van der Waals surface area contributed by atoms with E-state index >= 15 is 0 Å². The van der Waals surface area contributed by atoms with E-state index in [2.05, 4.69) is 74.6 Å². The first-order valence-corrected chi connectivity index (χ1v) is 26.5. The van der Waals surface area contributed by atoms with Crippen LogP contribution in [0.15, 0.2) is 72.9 Å². The van der Waals surface area contributed by atoms with Gasteiger partial charge in [0.05, 0.1) is 19.8 Å². The number of allylic oxidation sites excluding steroid dienone is 12. The largest absolute Gasteiger partial charge is 0.462 e. The molecule has 0 bridgehead atoms. The Hall–Kier alpha value is -3.06. The van der Waals surface area contributed by atoms with E-state index in [1.54, 1.807) is 0 Å². The van der Waals surface area contributed by atoms with Crippen molar-refractivity contribution in [2.75, 3.05) is 26.4 Å². The number of carbonyl (C=O) groups excluding carboxylic acids is 2. The lowest BCUT2D eigenvalue weighted by atomic mass is 9.98. The molecule has 2 fully saturated rings. The van der Waals surface area contributed by atoms with Crippen LogP contribution in [0.4, 0.5) is 0 Å². The van der Waals surface area contributed by atoms with E-state index in [0.29, 0.717) is 19.3 Å². The number of unbranched alkanes of at least 4 members (excludes halogenated alkanes) is 14. The monoisotopic (exact) mass is 993 g/mol. The molecule has 0 radical (unpaired) electrons. The quantitative estimate of drug-likeness (QED) is 0.0176. The minimum atomic E-state index is -1.78. The normalized spacial score (nSPS) is 26.0. The summed E-state index contributed by atoms with van der Waals surface area (Å²) >= 11 is 0. The van der Waals surface area contributed by atoms with Gasteiger partial charge < -0.3 is 64.2 Å². The standard InChI is InChI=1S/C55H92O15/c1-3-5-7-9-11-13-15-17-19-21-23-25-27-29-31-33-35-37-46(57)65-40-43(68-47(58)38-36-34-32-30-28-26-24-22-20-18-16-14-12-10-8-6-4-2)41-66-54-53(64)51(62)49(60)45(70-54)42-67-55-52(63)50(61)48(59)44(39-56)69-55/h6,8,12,14,17-20,24,26,30,32,43-45,48-56,59-64H,3-5,7,9-11,13,15-16,21-23,25,27-29,31,33-42H2,1-2H3/b8-6+,14-12+,19-17+,20-18+,26-24+,32-30+/t43-,44+,45+,48-,49-,50?,51?,52?,53?,54+,55+/m0/s1. The Kier molecular flexibility index (Phi) is 37.3. The van der Waals surface area contributed by atoms with Crippen LogP contribution >= 0.6 is 0 Å². The van der Waals surface area contributed by atoms with E-state index in [9.17, 15) is 45.3 Å². The fourth-order valence-corrected chi connectivity index (χ4v) is 7.83. The minimum absolute atomic E-state index is 0.0829. The molecule has 0 aromatic carbocycles. The van der Waals surface area contributed by atoms with Crippen LogP contribution < -0.4 is 0 Å². The SMILES string of the molecule is CC/C=C/C/C=C/C/C=C/C/C=C/C/C=C/CCCC(=O)O[C@@H](COC(=O)CCCCCCCCC/C=C/CCCCCCCC)CO[C@@H]1O[C@H](CO[C@@H]2O[C@H](CO)[C@H](O)C(O)C2O)[C@H](O)C(O)C1O. The summed E-state index contributed by atoms with van der Waals surface area (Å²) in [6.07, 6.45) is 32.2. The Balaban J connectivity index is 1.83. The molecule has 11 atom stereocenters. The molecule has 0 aromatic heterocycles. The second-order valence-electron chi connectivity index (χ2n) is 18.3. The highest BCUT2D eigenvalue weighted by molar-refractivity contribution is 5.70. The van der Waals surface area contributed by atoms with Gasteiger partial charge in [-0.15, -0.1) is 0 Å². The number of aliphatic hydroxyl groups is 7. The number of carbonyl (C=O) groups is 2. The van der Waals surface area contributed by atoms with Gasteiger partial charge >= 0.3 is 11.9 Å². The average molecular weight is 993 g/mol. The van der Waals surface area contributed by atoms with Crippen molar-refractivity contribution in [2.24, 2.45) is 0 Å². The summed E-state index contributed by atoms with van der Waals surface area (Å²) in [4.78, 5) is 25.8. The molecule has 2 aliphatic rings. The van der Waals surface area contributed by atoms with Crippen molar-refractivity contribution in [2.45, 2.75) is 235 Å². The average Bonchev–Trinajstić information content (AvgIpc) is 3.35. The molecule has 0 saturated carbocycles. The zero-order chi connectivity index (χ0) is 51.0. The zero-order valence-corrected chi connectivity index (χ0v) is 42.5. The predicted octanol–water partition coefficient (Wildman–Crippen LogP) is 7.82. The molecule has 2 rings (SSSR count). The van der Waals surface area contributed by atoms with Crippen LogP contribution in [-0.4, -0.2) is 142 Å². The number of rotatable bonds is 40. The molecule has 15 nitrogen and oxygen atoms in total. The van der Waals surface area contributed by atoms with Gasteiger partial charge in [0.1, 0.15) is 55.4 Å². The molecule has 4 unspecified atom stereocenters. The molecule has 0 aromatic rings. The van der Waals surface area contributed by atoms with Crippen molar-refractivity contribution in [3.05, 3.63) is 72.9 Å². The third-order valence-electron chi connectivity index (χ3n) is 12.2. The van der Waals surface area contributed by atoms with Crippen LogP contribution in [0.1, 0.15) is 168 Å². The molecule has 70 heavy (non-hydrogen) atoms. The molecule has 0 amide bonds. The number of aliphatic hydroxyl groups excluding tert-OH is 7. The fraction of sp³-hybridized carbons (Fsp3) is 0.745. The van der Waals surface area contributed by atoms with E-state index < -0.39 is 99.3 Å². The van der Waals surface area contributed by atoms with Gasteiger partial charge in [0.25, 0.3) is 0 Å². The molecule has 2 aliphatic heterocycles. The van der Waals surface area contributed by atoms with Gasteiger partial charge in [-0.3, -0.25) is 9.59 Å². The Morgan fingerprint density at radius 2 is 0.914 bits per heavy atom. The first-order chi connectivity index (χ1) is 34.0. The third-order valence-corrected chi connectivity index (χ3v) is 12.2. The smallest absolute Gasteiger partial charge is 0.306 e. The Morgan fingerprint density at radius 1 is 0.471 bits per heavy atom. The van der Waals surface area contributed by atoms with E-state index in [1.807, 2.05) is 12.2 Å². The van der Waals surface area contributed by atoms with Crippen molar-refractivity contribution in [3.8, 4) is 0 Å². The summed E-state index contributed by atoms with van der Waals surface area (Å²) in [7, 11) is 0. The van der Waals surface area contributed by atoms with Crippen LogP contribution in [0, 0.1) is 0 Å².